The molecule has 0 radical (unpaired) electrons. The van der Waals surface area contributed by atoms with Gasteiger partial charge in [0.1, 0.15) is 0 Å². The minimum atomic E-state index is 0.952. The SMILES string of the molecule is C1=NCCc2c1sc1ccccc21. The van der Waals surface area contributed by atoms with Gasteiger partial charge in [-0.15, -0.1) is 11.3 Å². The molecular formula is C11H9NS. The van der Waals surface area contributed by atoms with E-state index in [9.17, 15) is 0 Å². The average Bonchev–Trinajstić information content (AvgIpc) is 2.56. The Labute approximate surface area is 80.7 Å². The summed E-state index contributed by atoms with van der Waals surface area (Å²) < 4.78 is 1.39. The molecule has 2 heteroatoms. The van der Waals surface area contributed by atoms with E-state index in [0.29, 0.717) is 0 Å². The predicted molar refractivity (Wildman–Crippen MR) is 58.0 cm³/mol. The molecule has 0 spiro atoms. The highest BCUT2D eigenvalue weighted by Crippen LogP contribution is 2.31. The Morgan fingerprint density at radius 2 is 2.15 bits per heavy atom. The van der Waals surface area contributed by atoms with E-state index in [4.69, 9.17) is 0 Å². The van der Waals surface area contributed by atoms with Crippen molar-refractivity contribution in [1.82, 2.24) is 0 Å². The fraction of sp³-hybridized carbons (Fsp3) is 0.182. The first kappa shape index (κ1) is 7.27. The number of thiophene rings is 1. The molecule has 0 N–H and O–H groups in total. The third-order valence-corrected chi connectivity index (χ3v) is 3.58. The van der Waals surface area contributed by atoms with Gasteiger partial charge in [-0.05, 0) is 23.4 Å². The van der Waals surface area contributed by atoms with Gasteiger partial charge in [0, 0.05) is 22.3 Å². The predicted octanol–water partition coefficient (Wildman–Crippen LogP) is 2.88. The zero-order valence-corrected chi connectivity index (χ0v) is 7.97. The van der Waals surface area contributed by atoms with E-state index < -0.39 is 0 Å². The molecule has 13 heavy (non-hydrogen) atoms. The van der Waals surface area contributed by atoms with Gasteiger partial charge in [-0.3, -0.25) is 4.99 Å². The van der Waals surface area contributed by atoms with Crippen LogP contribution < -0.4 is 0 Å². The van der Waals surface area contributed by atoms with Crippen molar-refractivity contribution in [3.63, 3.8) is 0 Å². The Morgan fingerprint density at radius 1 is 1.23 bits per heavy atom. The van der Waals surface area contributed by atoms with Crippen molar-refractivity contribution in [2.24, 2.45) is 4.99 Å². The van der Waals surface area contributed by atoms with Gasteiger partial charge in [-0.1, -0.05) is 18.2 Å². The molecule has 1 aromatic carbocycles. The molecule has 64 valence electrons. The molecular weight excluding hydrogens is 178 g/mol. The van der Waals surface area contributed by atoms with Crippen molar-refractivity contribution in [3.8, 4) is 0 Å². The van der Waals surface area contributed by atoms with Crippen LogP contribution in [0.1, 0.15) is 10.4 Å². The first-order valence-electron chi connectivity index (χ1n) is 4.45. The molecule has 0 atom stereocenters. The quantitative estimate of drug-likeness (QED) is 0.601. The Hall–Kier alpha value is -1.15. The van der Waals surface area contributed by atoms with Crippen molar-refractivity contribution < 1.29 is 0 Å². The summed E-state index contributed by atoms with van der Waals surface area (Å²) in [7, 11) is 0. The van der Waals surface area contributed by atoms with Crippen LogP contribution in [0.5, 0.6) is 0 Å². The number of benzene rings is 1. The van der Waals surface area contributed by atoms with Gasteiger partial charge in [-0.2, -0.15) is 0 Å². The molecule has 2 heterocycles. The number of hydrogen-bond acceptors (Lipinski definition) is 2. The highest BCUT2D eigenvalue weighted by atomic mass is 32.1. The minimum absolute atomic E-state index is 0.952. The van der Waals surface area contributed by atoms with E-state index in [1.54, 1.807) is 0 Å². The van der Waals surface area contributed by atoms with Crippen LogP contribution >= 0.6 is 11.3 Å². The zero-order chi connectivity index (χ0) is 8.67. The molecule has 1 nitrogen and oxygen atoms in total. The fourth-order valence-electron chi connectivity index (χ4n) is 1.80. The van der Waals surface area contributed by atoms with Gasteiger partial charge in [0.05, 0.1) is 0 Å². The Kier molecular flexibility index (Phi) is 1.49. The van der Waals surface area contributed by atoms with Gasteiger partial charge >= 0.3 is 0 Å². The molecule has 0 unspecified atom stereocenters. The van der Waals surface area contributed by atoms with Gasteiger partial charge in [0.2, 0.25) is 0 Å². The normalized spacial score (nSPS) is 14.8. The highest BCUT2D eigenvalue weighted by molar-refractivity contribution is 7.20. The second kappa shape index (κ2) is 2.67. The smallest absolute Gasteiger partial charge is 0.0494 e. The Balaban J connectivity index is 2.41. The molecule has 1 aliphatic rings. The minimum Gasteiger partial charge on any atom is -0.291 e. The van der Waals surface area contributed by atoms with E-state index in [0.717, 1.165) is 13.0 Å². The summed E-state index contributed by atoms with van der Waals surface area (Å²) in [6, 6.07) is 8.61. The van der Waals surface area contributed by atoms with Crippen LogP contribution in [0, 0.1) is 0 Å². The monoisotopic (exact) mass is 187 g/mol. The summed E-state index contributed by atoms with van der Waals surface area (Å²) in [4.78, 5) is 5.65. The van der Waals surface area contributed by atoms with Gasteiger partial charge < -0.3 is 0 Å². The van der Waals surface area contributed by atoms with Crippen LogP contribution in [-0.2, 0) is 6.42 Å². The second-order valence-corrected chi connectivity index (χ2v) is 4.31. The molecule has 0 aliphatic carbocycles. The number of rotatable bonds is 0. The van der Waals surface area contributed by atoms with Crippen LogP contribution in [0.15, 0.2) is 29.3 Å². The fourth-order valence-corrected chi connectivity index (χ4v) is 2.95. The van der Waals surface area contributed by atoms with Crippen molar-refractivity contribution >= 4 is 27.6 Å². The third-order valence-electron chi connectivity index (χ3n) is 2.43. The molecule has 2 aromatic rings. The van der Waals surface area contributed by atoms with Crippen molar-refractivity contribution in [3.05, 3.63) is 34.7 Å². The zero-order valence-electron chi connectivity index (χ0n) is 7.16. The summed E-state index contributed by atoms with van der Waals surface area (Å²) in [6.07, 6.45) is 3.12. The summed E-state index contributed by atoms with van der Waals surface area (Å²) in [5.74, 6) is 0. The summed E-state index contributed by atoms with van der Waals surface area (Å²) >= 11 is 1.85. The summed E-state index contributed by atoms with van der Waals surface area (Å²) in [5.41, 5.74) is 1.50. The number of hydrogen-bond donors (Lipinski definition) is 0. The van der Waals surface area contributed by atoms with Crippen LogP contribution in [0.25, 0.3) is 10.1 Å². The van der Waals surface area contributed by atoms with E-state index >= 15 is 0 Å². The first-order valence-corrected chi connectivity index (χ1v) is 5.27. The van der Waals surface area contributed by atoms with E-state index in [2.05, 4.69) is 29.3 Å². The molecule has 0 saturated heterocycles. The maximum absolute atomic E-state index is 4.30. The summed E-state index contributed by atoms with van der Waals surface area (Å²) in [5, 5.41) is 1.42. The number of fused-ring (bicyclic) bond motifs is 3. The lowest BCUT2D eigenvalue weighted by Gasteiger charge is -2.03. The molecule has 3 rings (SSSR count). The maximum atomic E-state index is 4.30. The van der Waals surface area contributed by atoms with Crippen LogP contribution in [0.2, 0.25) is 0 Å². The van der Waals surface area contributed by atoms with Gasteiger partial charge in [-0.25, -0.2) is 0 Å². The molecule has 0 saturated carbocycles. The first-order chi connectivity index (χ1) is 6.45. The van der Waals surface area contributed by atoms with Crippen molar-refractivity contribution in [2.45, 2.75) is 6.42 Å². The molecule has 0 bridgehead atoms. The van der Waals surface area contributed by atoms with E-state index in [1.807, 2.05) is 17.6 Å². The van der Waals surface area contributed by atoms with Crippen LogP contribution in [0.3, 0.4) is 0 Å². The second-order valence-electron chi connectivity index (χ2n) is 3.23. The van der Waals surface area contributed by atoms with Crippen molar-refractivity contribution in [2.75, 3.05) is 6.54 Å². The third kappa shape index (κ3) is 1.02. The Morgan fingerprint density at radius 3 is 3.15 bits per heavy atom. The molecule has 0 amide bonds. The maximum Gasteiger partial charge on any atom is 0.0494 e. The van der Waals surface area contributed by atoms with Gasteiger partial charge in [0.15, 0.2) is 0 Å². The largest absolute Gasteiger partial charge is 0.291 e. The van der Waals surface area contributed by atoms with E-state index in [-0.39, 0.29) is 0 Å². The van der Waals surface area contributed by atoms with Crippen LogP contribution in [-0.4, -0.2) is 12.8 Å². The summed E-state index contributed by atoms with van der Waals surface area (Å²) in [6.45, 7) is 0.952. The molecule has 1 aliphatic heterocycles. The lowest BCUT2D eigenvalue weighted by atomic mass is 10.1. The highest BCUT2D eigenvalue weighted by Gasteiger charge is 2.11. The Bertz CT molecular complexity index is 482. The standard InChI is InChI=1S/C11H9NS/c1-2-4-10-8(3-1)9-5-6-12-7-11(9)13-10/h1-4,7H,5-6H2. The lowest BCUT2D eigenvalue weighted by Crippen LogP contribution is -1.98. The average molecular weight is 187 g/mol. The topological polar surface area (TPSA) is 12.4 Å². The van der Waals surface area contributed by atoms with Crippen LogP contribution in [0.4, 0.5) is 0 Å². The molecule has 1 aromatic heterocycles. The van der Waals surface area contributed by atoms with E-state index in [1.165, 1.54) is 20.5 Å². The number of nitrogens with zero attached hydrogens (tertiary/aromatic N) is 1. The van der Waals surface area contributed by atoms with Gasteiger partial charge in [0.25, 0.3) is 0 Å². The number of aliphatic imine (C=N–C) groups is 1. The molecule has 0 fully saturated rings. The van der Waals surface area contributed by atoms with Crippen molar-refractivity contribution in [1.29, 1.82) is 0 Å². The lowest BCUT2D eigenvalue weighted by molar-refractivity contribution is 0.968.